The number of fused-ring (bicyclic) bond motifs is 4. The Bertz CT molecular complexity index is 998. The van der Waals surface area contributed by atoms with Crippen LogP contribution in [0.4, 0.5) is 0 Å². The molecule has 0 aliphatic carbocycles. The summed E-state index contributed by atoms with van der Waals surface area (Å²) in [6, 6.07) is 18.0. The molecule has 0 saturated heterocycles. The van der Waals surface area contributed by atoms with Crippen LogP contribution in [0.25, 0.3) is 33.1 Å². The van der Waals surface area contributed by atoms with E-state index in [9.17, 15) is 0 Å². The van der Waals surface area contributed by atoms with Crippen molar-refractivity contribution in [3.8, 4) is 6.07 Å². The second kappa shape index (κ2) is 5.04. The van der Waals surface area contributed by atoms with E-state index in [1.807, 2.05) is 53.1 Å². The third kappa shape index (κ3) is 1.91. The van der Waals surface area contributed by atoms with Crippen molar-refractivity contribution in [2.24, 2.45) is 0 Å². The van der Waals surface area contributed by atoms with Gasteiger partial charge >= 0.3 is 0 Å². The fourth-order valence-corrected chi connectivity index (χ4v) is 2.61. The van der Waals surface area contributed by atoms with Crippen LogP contribution >= 0.6 is 12.4 Å². The largest absolute Gasteiger partial charge is 0.310 e. The van der Waals surface area contributed by atoms with Crippen LogP contribution < -0.4 is 0 Å². The summed E-state index contributed by atoms with van der Waals surface area (Å²) in [5.41, 5.74) is 4.35. The number of halogens is 1. The van der Waals surface area contributed by atoms with Crippen molar-refractivity contribution in [2.45, 2.75) is 6.54 Å². The predicted octanol–water partition coefficient (Wildman–Crippen LogP) is 3.68. The summed E-state index contributed by atoms with van der Waals surface area (Å²) in [5, 5.41) is 10.1. The van der Waals surface area contributed by atoms with Crippen LogP contribution in [0.5, 0.6) is 0 Å². The Morgan fingerprint density at radius 3 is 2.38 bits per heavy atom. The standard InChI is InChI=1S/C16H10N4.ClH/c17-9-10-20-14-8-4-1-5-11(14)15-16(20)19-13-7-3-2-6-12(13)18-15;/h1-8H,10H2;1H. The molecule has 4 aromatic rings. The highest BCUT2D eigenvalue weighted by Gasteiger charge is 2.13. The molecule has 0 spiro atoms. The quantitative estimate of drug-likeness (QED) is 0.538. The normalized spacial score (nSPS) is 10.6. The van der Waals surface area contributed by atoms with Crippen molar-refractivity contribution in [1.29, 1.82) is 5.26 Å². The fraction of sp³-hybridized carbons (Fsp3) is 0.0625. The van der Waals surface area contributed by atoms with Crippen molar-refractivity contribution in [2.75, 3.05) is 0 Å². The molecule has 4 nitrogen and oxygen atoms in total. The summed E-state index contributed by atoms with van der Waals surface area (Å²) in [6.45, 7) is 0.275. The molecule has 0 atom stereocenters. The third-order valence-corrected chi connectivity index (χ3v) is 3.49. The number of hydrogen-bond acceptors (Lipinski definition) is 3. The molecule has 0 N–H and O–H groups in total. The number of nitrogens with zero attached hydrogens (tertiary/aromatic N) is 4. The minimum Gasteiger partial charge on any atom is -0.310 e. The van der Waals surface area contributed by atoms with E-state index in [1.54, 1.807) is 0 Å². The van der Waals surface area contributed by atoms with Crippen molar-refractivity contribution in [3.05, 3.63) is 48.5 Å². The maximum atomic E-state index is 9.05. The first-order chi connectivity index (χ1) is 9.88. The number of rotatable bonds is 1. The molecular weight excluding hydrogens is 284 g/mol. The summed E-state index contributed by atoms with van der Waals surface area (Å²) in [4.78, 5) is 9.40. The lowest BCUT2D eigenvalue weighted by atomic mass is 10.2. The van der Waals surface area contributed by atoms with Crippen LogP contribution in [-0.4, -0.2) is 14.5 Å². The van der Waals surface area contributed by atoms with E-state index >= 15 is 0 Å². The first kappa shape index (κ1) is 13.3. The van der Waals surface area contributed by atoms with Crippen LogP contribution in [-0.2, 0) is 6.54 Å². The number of para-hydroxylation sites is 3. The van der Waals surface area contributed by atoms with Gasteiger partial charge in [0.25, 0.3) is 0 Å². The summed E-state index contributed by atoms with van der Waals surface area (Å²) in [5.74, 6) is 0. The van der Waals surface area contributed by atoms with Crippen molar-refractivity contribution >= 4 is 45.5 Å². The van der Waals surface area contributed by atoms with Gasteiger partial charge in [0, 0.05) is 5.39 Å². The Hall–Kier alpha value is -2.64. The molecule has 4 rings (SSSR count). The Morgan fingerprint density at radius 1 is 0.952 bits per heavy atom. The lowest BCUT2D eigenvalue weighted by Crippen LogP contribution is -1.97. The van der Waals surface area contributed by atoms with Crippen LogP contribution in [0.1, 0.15) is 0 Å². The van der Waals surface area contributed by atoms with Crippen LogP contribution in [0.15, 0.2) is 48.5 Å². The molecule has 2 aromatic carbocycles. The maximum absolute atomic E-state index is 9.05. The topological polar surface area (TPSA) is 54.5 Å². The summed E-state index contributed by atoms with van der Waals surface area (Å²) in [7, 11) is 0. The zero-order valence-electron chi connectivity index (χ0n) is 11.0. The molecule has 0 bridgehead atoms. The molecule has 0 aliphatic rings. The number of hydrogen-bond donors (Lipinski definition) is 0. The fourth-order valence-electron chi connectivity index (χ4n) is 2.61. The average molecular weight is 295 g/mol. The van der Waals surface area contributed by atoms with Gasteiger partial charge in [-0.3, -0.25) is 0 Å². The molecule has 5 heteroatoms. The summed E-state index contributed by atoms with van der Waals surface area (Å²) >= 11 is 0. The molecule has 0 fully saturated rings. The van der Waals surface area contributed by atoms with E-state index in [0.717, 1.165) is 33.1 Å². The zero-order valence-corrected chi connectivity index (χ0v) is 11.8. The van der Waals surface area contributed by atoms with E-state index in [4.69, 9.17) is 10.2 Å². The SMILES string of the molecule is Cl.N#CCn1c2ccccc2c2nc3ccccc3nc21. The third-order valence-electron chi connectivity index (χ3n) is 3.49. The Labute approximate surface area is 127 Å². The molecular formula is C16H11ClN4. The number of benzene rings is 2. The maximum Gasteiger partial charge on any atom is 0.161 e. The van der Waals surface area contributed by atoms with E-state index in [1.165, 1.54) is 0 Å². The van der Waals surface area contributed by atoms with E-state index in [0.29, 0.717) is 0 Å². The first-order valence-electron chi connectivity index (χ1n) is 6.39. The minimum atomic E-state index is 0. The Kier molecular flexibility index (Phi) is 3.20. The Balaban J connectivity index is 0.00000132. The second-order valence-electron chi connectivity index (χ2n) is 4.65. The second-order valence-corrected chi connectivity index (χ2v) is 4.65. The van der Waals surface area contributed by atoms with Crippen molar-refractivity contribution < 1.29 is 0 Å². The molecule has 0 aliphatic heterocycles. The lowest BCUT2D eigenvalue weighted by Gasteiger charge is -2.01. The molecule has 21 heavy (non-hydrogen) atoms. The lowest BCUT2D eigenvalue weighted by molar-refractivity contribution is 0.896. The zero-order chi connectivity index (χ0) is 13.5. The Morgan fingerprint density at radius 2 is 1.62 bits per heavy atom. The van der Waals surface area contributed by atoms with Gasteiger partial charge in [0.2, 0.25) is 0 Å². The highest BCUT2D eigenvalue weighted by Crippen LogP contribution is 2.27. The number of aromatic nitrogens is 3. The molecule has 0 amide bonds. The molecule has 2 aromatic heterocycles. The van der Waals surface area contributed by atoms with Gasteiger partial charge in [-0.25, -0.2) is 9.97 Å². The molecule has 0 saturated carbocycles. The van der Waals surface area contributed by atoms with Gasteiger partial charge in [-0.1, -0.05) is 30.3 Å². The first-order valence-corrected chi connectivity index (χ1v) is 6.39. The van der Waals surface area contributed by atoms with Gasteiger partial charge in [-0.2, -0.15) is 5.26 Å². The summed E-state index contributed by atoms with van der Waals surface area (Å²) < 4.78 is 1.92. The van der Waals surface area contributed by atoms with Gasteiger partial charge in [0.05, 0.1) is 22.6 Å². The van der Waals surface area contributed by atoms with Crippen molar-refractivity contribution in [3.63, 3.8) is 0 Å². The van der Waals surface area contributed by atoms with Crippen molar-refractivity contribution in [1.82, 2.24) is 14.5 Å². The van der Waals surface area contributed by atoms with Crippen LogP contribution in [0.3, 0.4) is 0 Å². The smallest absolute Gasteiger partial charge is 0.161 e. The van der Waals surface area contributed by atoms with Gasteiger partial charge in [-0.15, -0.1) is 12.4 Å². The van der Waals surface area contributed by atoms with Gasteiger partial charge in [0.15, 0.2) is 5.65 Å². The van der Waals surface area contributed by atoms with Crippen LogP contribution in [0, 0.1) is 11.3 Å². The molecule has 0 unspecified atom stereocenters. The van der Waals surface area contributed by atoms with E-state index < -0.39 is 0 Å². The molecule has 0 radical (unpaired) electrons. The molecule has 102 valence electrons. The number of nitriles is 1. The average Bonchev–Trinajstić information content (AvgIpc) is 2.80. The minimum absolute atomic E-state index is 0. The van der Waals surface area contributed by atoms with Crippen LogP contribution in [0.2, 0.25) is 0 Å². The van der Waals surface area contributed by atoms with Gasteiger partial charge in [0.1, 0.15) is 12.1 Å². The van der Waals surface area contributed by atoms with Gasteiger partial charge < -0.3 is 4.57 Å². The van der Waals surface area contributed by atoms with E-state index in [-0.39, 0.29) is 19.0 Å². The van der Waals surface area contributed by atoms with Gasteiger partial charge in [-0.05, 0) is 18.2 Å². The highest BCUT2D eigenvalue weighted by molar-refractivity contribution is 6.06. The summed E-state index contributed by atoms with van der Waals surface area (Å²) in [6.07, 6.45) is 0. The van der Waals surface area contributed by atoms with E-state index in [2.05, 4.69) is 11.1 Å². The highest BCUT2D eigenvalue weighted by atomic mass is 35.5. The monoisotopic (exact) mass is 294 g/mol. The molecule has 2 heterocycles. The predicted molar refractivity (Wildman–Crippen MR) is 85.4 cm³/mol.